The van der Waals surface area contributed by atoms with Crippen molar-refractivity contribution < 1.29 is 77.2 Å². The minimum absolute atomic E-state index is 0.00346. The van der Waals surface area contributed by atoms with E-state index in [-0.39, 0.29) is 35.3 Å². The fourth-order valence-corrected chi connectivity index (χ4v) is 10.9. The van der Waals surface area contributed by atoms with Crippen LogP contribution in [0.4, 0.5) is 9.59 Å². The number of nitrogens with one attached hydrogen (secondary N) is 1. The lowest BCUT2D eigenvalue weighted by molar-refractivity contribution is -0.343. The molecule has 0 spiro atoms. The van der Waals surface area contributed by atoms with Crippen molar-refractivity contribution in [3.05, 3.63) is 95.1 Å². The van der Waals surface area contributed by atoms with Crippen LogP contribution in [0.15, 0.2) is 84.0 Å². The smallest absolute Gasteiger partial charge is 0.455 e. The van der Waals surface area contributed by atoms with Crippen molar-refractivity contribution in [2.75, 3.05) is 6.61 Å². The highest BCUT2D eigenvalue weighted by Gasteiger charge is 2.78. The molecule has 1 aliphatic heterocycles. The number of rotatable bonds is 10. The highest BCUT2D eigenvalue weighted by atomic mass is 16.7. The molecule has 0 aromatic heterocycles. The maximum absolute atomic E-state index is 15.2. The minimum Gasteiger partial charge on any atom is -0.455 e. The van der Waals surface area contributed by atoms with Gasteiger partial charge in [0.1, 0.15) is 47.8 Å². The van der Waals surface area contributed by atoms with Gasteiger partial charge in [0, 0.05) is 19.8 Å². The van der Waals surface area contributed by atoms with E-state index in [0.717, 1.165) is 32.6 Å². The number of amides is 1. The summed E-state index contributed by atoms with van der Waals surface area (Å²) in [5.74, 6) is -5.77. The highest BCUT2D eigenvalue weighted by molar-refractivity contribution is 5.94. The molecule has 18 nitrogen and oxygen atoms in total. The predicted octanol–water partition coefficient (Wildman–Crippen LogP) is 5.00. The van der Waals surface area contributed by atoms with Gasteiger partial charge in [0.2, 0.25) is 6.10 Å². The Hall–Kier alpha value is -5.66. The third kappa shape index (κ3) is 9.78. The second-order valence-corrected chi connectivity index (χ2v) is 20.2. The van der Waals surface area contributed by atoms with Gasteiger partial charge in [0.15, 0.2) is 11.4 Å². The second-order valence-electron chi connectivity index (χ2n) is 20.2. The lowest BCUT2D eigenvalue weighted by Gasteiger charge is -2.67. The summed E-state index contributed by atoms with van der Waals surface area (Å²) in [6.07, 6.45) is -6.91. The average molecular weight is 961 g/mol. The molecule has 1 amide bonds. The molecule has 4 aliphatic carbocycles. The number of aliphatic hydroxyl groups is 3. The number of alkyl carbamates (subject to hydrolysis) is 1. The van der Waals surface area contributed by atoms with Crippen LogP contribution in [0.1, 0.15) is 115 Å². The van der Waals surface area contributed by atoms with Crippen LogP contribution in [-0.4, -0.2) is 123 Å². The standard InChI is InChI=1S/C51H64N2O16/c1-28-33(65-44(59)39(66-46(61)64-32-23-17-9-8-10-18-24-32)37(30-19-13-11-14-20-30)53-45(60)69-47(3,4)5)26-51(62)42(67-43(58)31-21-15-12-16-22-31)40-48(6,41(57)38(56)36(28)49(51,7)52)34(55)25-35-50(40,27-63-35)68-29(2)54/h11-17,19-23,32-35,37-40,42,55-56,62H,8-10,18,24-27,52H2,1-7H3,(H,53,60)/t32?,33-,34-,35+,37-,38+,39+,40-,42-,48+,49?,50-,51+/m0/s1. The molecule has 1 saturated heterocycles. The monoisotopic (exact) mass is 960 g/mol. The number of carbonyl (C=O) groups excluding carboxylic acids is 6. The van der Waals surface area contributed by atoms with E-state index in [2.05, 4.69) is 5.32 Å². The maximum Gasteiger partial charge on any atom is 0.509 e. The first kappa shape index (κ1) is 51.2. The van der Waals surface area contributed by atoms with E-state index < -0.39 is 125 Å². The molecule has 1 heterocycles. The van der Waals surface area contributed by atoms with E-state index in [4.69, 9.17) is 38.9 Å². The van der Waals surface area contributed by atoms with Gasteiger partial charge in [-0.15, -0.1) is 0 Å². The maximum atomic E-state index is 15.2. The number of Topliss-reactive ketones (excluding diaryl/α,β-unsaturated/α-hetero) is 1. The Balaban J connectivity index is 1.36. The molecule has 2 bridgehead atoms. The molecular formula is C51H64N2O16. The third-order valence-electron chi connectivity index (χ3n) is 14.4. The van der Waals surface area contributed by atoms with Crippen molar-refractivity contribution in [3.63, 3.8) is 0 Å². The van der Waals surface area contributed by atoms with Gasteiger partial charge in [-0.05, 0) is 102 Å². The number of ketones is 1. The summed E-state index contributed by atoms with van der Waals surface area (Å²) < 4.78 is 41.6. The molecule has 7 rings (SSSR count). The van der Waals surface area contributed by atoms with Gasteiger partial charge in [0.25, 0.3) is 0 Å². The summed E-state index contributed by atoms with van der Waals surface area (Å²) in [4.78, 5) is 84.9. The van der Waals surface area contributed by atoms with E-state index in [1.807, 2.05) is 6.08 Å². The minimum atomic E-state index is -2.65. The summed E-state index contributed by atoms with van der Waals surface area (Å²) >= 11 is 0. The number of ether oxygens (including phenoxy) is 7. The number of fused-ring (bicyclic) bond motifs is 5. The van der Waals surface area contributed by atoms with Gasteiger partial charge in [-0.1, -0.05) is 61.0 Å². The van der Waals surface area contributed by atoms with E-state index in [9.17, 15) is 34.5 Å². The molecule has 2 unspecified atom stereocenters. The molecule has 6 N–H and O–H groups in total. The Morgan fingerprint density at radius 3 is 2.22 bits per heavy atom. The molecule has 2 saturated carbocycles. The third-order valence-corrected chi connectivity index (χ3v) is 14.4. The molecule has 18 heteroatoms. The fraction of sp³-hybridized carbons (Fsp3) is 0.569. The molecule has 2 aromatic carbocycles. The normalized spacial score (nSPS) is 34.0. The number of hydrogen-bond donors (Lipinski definition) is 5. The number of aliphatic hydroxyl groups excluding tert-OH is 2. The molecule has 13 atom stereocenters. The van der Waals surface area contributed by atoms with Crippen molar-refractivity contribution in [2.24, 2.45) is 17.1 Å². The van der Waals surface area contributed by atoms with Crippen LogP contribution >= 0.6 is 0 Å². The van der Waals surface area contributed by atoms with Crippen LogP contribution in [0.3, 0.4) is 0 Å². The van der Waals surface area contributed by atoms with E-state index in [0.29, 0.717) is 6.42 Å². The first-order valence-corrected chi connectivity index (χ1v) is 23.4. The first-order valence-electron chi connectivity index (χ1n) is 23.4. The van der Waals surface area contributed by atoms with Crippen LogP contribution < -0.4 is 11.1 Å². The van der Waals surface area contributed by atoms with E-state index in [1.54, 1.807) is 75.4 Å². The topological polar surface area (TPSA) is 266 Å². The van der Waals surface area contributed by atoms with Gasteiger partial charge >= 0.3 is 30.2 Å². The zero-order valence-electron chi connectivity index (χ0n) is 40.0. The van der Waals surface area contributed by atoms with Gasteiger partial charge in [-0.3, -0.25) is 9.59 Å². The van der Waals surface area contributed by atoms with Gasteiger partial charge in [-0.2, -0.15) is 0 Å². The number of esters is 3. The molecular weight excluding hydrogens is 897 g/mol. The predicted molar refractivity (Wildman–Crippen MR) is 244 cm³/mol. The quantitative estimate of drug-likeness (QED) is 0.119. The summed E-state index contributed by atoms with van der Waals surface area (Å²) in [6.45, 7) is 9.76. The second kappa shape index (κ2) is 19.6. The Morgan fingerprint density at radius 1 is 0.928 bits per heavy atom. The van der Waals surface area contributed by atoms with Crippen molar-refractivity contribution in [1.82, 2.24) is 5.32 Å². The van der Waals surface area contributed by atoms with Crippen molar-refractivity contribution in [2.45, 2.75) is 165 Å². The number of carbonyl (C=O) groups is 6. The van der Waals surface area contributed by atoms with Crippen LogP contribution in [0.25, 0.3) is 0 Å². The highest BCUT2D eigenvalue weighted by Crippen LogP contribution is 2.62. The molecule has 3 fully saturated rings. The number of nitrogens with two attached hydrogens (primary N) is 1. The summed E-state index contributed by atoms with van der Waals surface area (Å²) in [5.41, 5.74) is -2.65. The van der Waals surface area contributed by atoms with Gasteiger partial charge < -0.3 is 59.5 Å². The van der Waals surface area contributed by atoms with E-state index in [1.165, 1.54) is 32.9 Å². The zero-order valence-corrected chi connectivity index (χ0v) is 40.0. The van der Waals surface area contributed by atoms with Crippen molar-refractivity contribution >= 4 is 35.9 Å². The molecule has 69 heavy (non-hydrogen) atoms. The molecule has 2 aromatic rings. The molecule has 5 aliphatic rings. The first-order chi connectivity index (χ1) is 32.4. The van der Waals surface area contributed by atoms with Gasteiger partial charge in [0.05, 0.1) is 35.1 Å². The SMILES string of the molecule is CC(=O)O[C@@]12CO[C@@H]1C[C@H](O)[C@@]1(C)C(=O)[C@H](O)C3=C(C)[C@@H](OC(=O)[C@H](OC(=O)OC4C=CCCCCC4)[C@@H](NC(=O)OC(C)(C)C)c4ccccc4)C[C@@](O)([C@@H](OC(=O)c4ccccc4)[C@H]21)C3(C)N. The van der Waals surface area contributed by atoms with Crippen LogP contribution in [0.5, 0.6) is 0 Å². The molecule has 374 valence electrons. The summed E-state index contributed by atoms with van der Waals surface area (Å²) in [7, 11) is 0. The van der Waals surface area contributed by atoms with Crippen LogP contribution in [0.2, 0.25) is 0 Å². The number of hydrogen-bond acceptors (Lipinski definition) is 17. The summed E-state index contributed by atoms with van der Waals surface area (Å²) in [6, 6.07) is 14.3. The fourth-order valence-electron chi connectivity index (χ4n) is 10.9. The Labute approximate surface area is 400 Å². The van der Waals surface area contributed by atoms with Gasteiger partial charge in [-0.25, -0.2) is 19.2 Å². The van der Waals surface area contributed by atoms with Crippen LogP contribution in [-0.2, 0) is 47.5 Å². The number of allylic oxidation sites excluding steroid dienone is 1. The summed E-state index contributed by atoms with van der Waals surface area (Å²) in [5, 5.41) is 40.6. The lowest BCUT2D eigenvalue weighted by atomic mass is 9.46. The Morgan fingerprint density at radius 2 is 1.59 bits per heavy atom. The Bertz CT molecular complexity index is 2350. The largest absolute Gasteiger partial charge is 0.509 e. The van der Waals surface area contributed by atoms with E-state index >= 15 is 9.59 Å². The van der Waals surface area contributed by atoms with Crippen molar-refractivity contribution in [3.8, 4) is 0 Å². The number of benzene rings is 2. The zero-order chi connectivity index (χ0) is 50.3. The van der Waals surface area contributed by atoms with Crippen molar-refractivity contribution in [1.29, 1.82) is 0 Å². The lowest BCUT2D eigenvalue weighted by Crippen LogP contribution is -2.84. The molecule has 0 radical (unpaired) electrons. The Kier molecular flexibility index (Phi) is 14.6. The average Bonchev–Trinajstić information content (AvgIpc) is 3.26. The van der Waals surface area contributed by atoms with Crippen LogP contribution in [0, 0.1) is 11.3 Å².